The highest BCUT2D eigenvalue weighted by molar-refractivity contribution is 5.34. The zero-order chi connectivity index (χ0) is 16.5. The summed E-state index contributed by atoms with van der Waals surface area (Å²) in [5, 5.41) is 0. The zero-order valence-electron chi connectivity index (χ0n) is 14.9. The van der Waals surface area contributed by atoms with Crippen LogP contribution in [0.5, 0.6) is 0 Å². The van der Waals surface area contributed by atoms with Crippen molar-refractivity contribution in [1.29, 1.82) is 0 Å². The van der Waals surface area contributed by atoms with E-state index in [1.807, 2.05) is 0 Å². The Morgan fingerprint density at radius 1 is 1.13 bits per heavy atom. The molecule has 1 fully saturated rings. The second-order valence-electron chi connectivity index (χ2n) is 8.15. The molecule has 0 N–H and O–H groups in total. The number of hydrogen-bond donors (Lipinski definition) is 0. The first kappa shape index (κ1) is 16.5. The van der Waals surface area contributed by atoms with Crippen LogP contribution in [-0.2, 0) is 11.3 Å². The van der Waals surface area contributed by atoms with Gasteiger partial charge in [-0.25, -0.2) is 0 Å². The monoisotopic (exact) mass is 310 g/mol. The van der Waals surface area contributed by atoms with Crippen molar-refractivity contribution >= 4 is 0 Å². The van der Waals surface area contributed by atoms with Crippen LogP contribution in [-0.4, -0.2) is 6.10 Å². The van der Waals surface area contributed by atoms with Crippen molar-refractivity contribution in [3.63, 3.8) is 0 Å². The number of allylic oxidation sites excluding steroid dienone is 2. The fourth-order valence-electron chi connectivity index (χ4n) is 4.35. The molecule has 1 nitrogen and oxygen atoms in total. The quantitative estimate of drug-likeness (QED) is 0.656. The highest BCUT2D eigenvalue weighted by Gasteiger charge is 2.49. The van der Waals surface area contributed by atoms with Gasteiger partial charge in [0.25, 0.3) is 0 Å². The van der Waals surface area contributed by atoms with E-state index in [2.05, 4.69) is 63.8 Å². The molecule has 1 aromatic rings. The Labute approximate surface area is 141 Å². The normalized spacial score (nSPS) is 30.3. The van der Waals surface area contributed by atoms with Crippen LogP contribution in [0.15, 0.2) is 54.1 Å². The predicted molar refractivity (Wildman–Crippen MR) is 97.2 cm³/mol. The number of hydrogen-bond acceptors (Lipinski definition) is 1. The lowest BCUT2D eigenvalue weighted by atomic mass is 9.62. The molecule has 0 aliphatic heterocycles. The van der Waals surface area contributed by atoms with Crippen LogP contribution in [0.1, 0.15) is 58.4 Å². The van der Waals surface area contributed by atoms with Crippen LogP contribution < -0.4 is 0 Å². The van der Waals surface area contributed by atoms with Crippen LogP contribution in [0, 0.1) is 10.8 Å². The van der Waals surface area contributed by atoms with Gasteiger partial charge in [-0.2, -0.15) is 0 Å². The molecule has 0 amide bonds. The predicted octanol–water partition coefficient (Wildman–Crippen LogP) is 6.06. The van der Waals surface area contributed by atoms with E-state index in [1.54, 1.807) is 0 Å². The second-order valence-corrected chi connectivity index (χ2v) is 8.15. The van der Waals surface area contributed by atoms with Gasteiger partial charge >= 0.3 is 0 Å². The maximum atomic E-state index is 6.39. The second kappa shape index (κ2) is 6.28. The van der Waals surface area contributed by atoms with Gasteiger partial charge in [-0.15, -0.1) is 0 Å². The van der Waals surface area contributed by atoms with E-state index in [-0.39, 0.29) is 11.5 Å². The Hall–Kier alpha value is -1.34. The Balaban J connectivity index is 1.82. The SMILES string of the molecule is C=C1C=C([C@@]2(C)CCCC2(C)C)C(OCc2ccccc2)CC1. The van der Waals surface area contributed by atoms with Gasteiger partial charge in [0.1, 0.15) is 0 Å². The minimum atomic E-state index is 0.234. The molecule has 0 heterocycles. The molecule has 1 aromatic carbocycles. The van der Waals surface area contributed by atoms with Crippen LogP contribution in [0.2, 0.25) is 0 Å². The van der Waals surface area contributed by atoms with Crippen molar-refractivity contribution in [3.8, 4) is 0 Å². The van der Waals surface area contributed by atoms with Gasteiger partial charge < -0.3 is 4.74 Å². The van der Waals surface area contributed by atoms with E-state index in [0.717, 1.165) is 12.8 Å². The molecule has 124 valence electrons. The minimum absolute atomic E-state index is 0.234. The van der Waals surface area contributed by atoms with E-state index in [9.17, 15) is 0 Å². The molecule has 23 heavy (non-hydrogen) atoms. The summed E-state index contributed by atoms with van der Waals surface area (Å²) < 4.78 is 6.39. The van der Waals surface area contributed by atoms with Crippen molar-refractivity contribution in [1.82, 2.24) is 0 Å². The third-order valence-electron chi connectivity index (χ3n) is 6.34. The van der Waals surface area contributed by atoms with Gasteiger partial charge in [-0.1, -0.05) is 75.8 Å². The van der Waals surface area contributed by atoms with Gasteiger partial charge in [0, 0.05) is 0 Å². The maximum Gasteiger partial charge on any atom is 0.0801 e. The van der Waals surface area contributed by atoms with Crippen molar-refractivity contribution in [2.45, 2.75) is 65.6 Å². The highest BCUT2D eigenvalue weighted by Crippen LogP contribution is 2.58. The largest absolute Gasteiger partial charge is 0.369 e. The number of ether oxygens (including phenoxy) is 1. The number of rotatable bonds is 4. The molecule has 2 atom stereocenters. The summed E-state index contributed by atoms with van der Waals surface area (Å²) in [4.78, 5) is 0. The molecule has 0 spiro atoms. The third kappa shape index (κ3) is 3.17. The lowest BCUT2D eigenvalue weighted by Crippen LogP contribution is -2.38. The van der Waals surface area contributed by atoms with E-state index < -0.39 is 0 Å². The Morgan fingerprint density at radius 3 is 2.52 bits per heavy atom. The first-order valence-electron chi connectivity index (χ1n) is 8.98. The molecule has 2 aliphatic rings. The van der Waals surface area contributed by atoms with Crippen LogP contribution in [0.3, 0.4) is 0 Å². The average molecular weight is 310 g/mol. The molecular weight excluding hydrogens is 280 g/mol. The summed E-state index contributed by atoms with van der Waals surface area (Å²) >= 11 is 0. The van der Waals surface area contributed by atoms with E-state index in [0.29, 0.717) is 12.0 Å². The minimum Gasteiger partial charge on any atom is -0.369 e. The van der Waals surface area contributed by atoms with Crippen LogP contribution in [0.25, 0.3) is 0 Å². The van der Waals surface area contributed by atoms with E-state index >= 15 is 0 Å². The summed E-state index contributed by atoms with van der Waals surface area (Å²) in [6, 6.07) is 10.5. The number of benzene rings is 1. The standard InChI is InChI=1S/C22H30O/c1-17-11-12-20(23-16-18-9-6-5-7-10-18)19(15-17)22(4)14-8-13-21(22,2)3/h5-7,9-10,15,20H,1,8,11-14,16H2,2-4H3/t20?,22-/m1/s1. The molecule has 0 saturated heterocycles. The van der Waals surface area contributed by atoms with Crippen LogP contribution >= 0.6 is 0 Å². The Kier molecular flexibility index (Phi) is 4.51. The Morgan fingerprint density at radius 2 is 1.87 bits per heavy atom. The van der Waals surface area contributed by atoms with Crippen molar-refractivity contribution < 1.29 is 4.74 Å². The smallest absolute Gasteiger partial charge is 0.0801 e. The molecule has 1 heteroatoms. The van der Waals surface area contributed by atoms with Gasteiger partial charge in [-0.05, 0) is 47.6 Å². The first-order chi connectivity index (χ1) is 10.9. The fourth-order valence-corrected chi connectivity index (χ4v) is 4.35. The molecule has 3 rings (SSSR count). The lowest BCUT2D eigenvalue weighted by molar-refractivity contribution is 0.0273. The molecule has 0 aromatic heterocycles. The van der Waals surface area contributed by atoms with E-state index in [4.69, 9.17) is 4.74 Å². The zero-order valence-corrected chi connectivity index (χ0v) is 14.9. The summed E-state index contributed by atoms with van der Waals surface area (Å²) in [5.41, 5.74) is 4.59. The Bertz CT molecular complexity index is 596. The highest BCUT2D eigenvalue weighted by atomic mass is 16.5. The topological polar surface area (TPSA) is 9.23 Å². The molecular formula is C22H30O. The summed E-state index contributed by atoms with van der Waals surface area (Å²) in [6.45, 7) is 12.2. The average Bonchev–Trinajstić information content (AvgIpc) is 2.81. The third-order valence-corrected chi connectivity index (χ3v) is 6.34. The van der Waals surface area contributed by atoms with Crippen molar-refractivity contribution in [2.75, 3.05) is 0 Å². The summed E-state index contributed by atoms with van der Waals surface area (Å²) in [7, 11) is 0. The van der Waals surface area contributed by atoms with Crippen molar-refractivity contribution in [2.24, 2.45) is 10.8 Å². The van der Waals surface area contributed by atoms with Gasteiger partial charge in [-0.3, -0.25) is 0 Å². The molecule has 1 saturated carbocycles. The van der Waals surface area contributed by atoms with Crippen molar-refractivity contribution in [3.05, 3.63) is 59.7 Å². The van der Waals surface area contributed by atoms with Gasteiger partial charge in [0.05, 0.1) is 12.7 Å². The van der Waals surface area contributed by atoms with Crippen LogP contribution in [0.4, 0.5) is 0 Å². The fraction of sp³-hybridized carbons (Fsp3) is 0.545. The van der Waals surface area contributed by atoms with E-state index in [1.165, 1.54) is 36.0 Å². The van der Waals surface area contributed by atoms with Gasteiger partial charge in [0.15, 0.2) is 0 Å². The first-order valence-corrected chi connectivity index (χ1v) is 8.98. The van der Waals surface area contributed by atoms with Gasteiger partial charge in [0.2, 0.25) is 0 Å². The molecule has 0 bridgehead atoms. The molecule has 0 radical (unpaired) electrons. The summed E-state index contributed by atoms with van der Waals surface area (Å²) in [6.07, 6.45) is 8.61. The maximum absolute atomic E-state index is 6.39. The summed E-state index contributed by atoms with van der Waals surface area (Å²) in [5.74, 6) is 0. The molecule has 1 unspecified atom stereocenters. The molecule has 2 aliphatic carbocycles. The lowest BCUT2D eigenvalue weighted by Gasteiger charge is -2.45.